The number of sulfonamides is 1. The van der Waals surface area contributed by atoms with Crippen LogP contribution in [0.3, 0.4) is 0 Å². The van der Waals surface area contributed by atoms with Crippen molar-refractivity contribution >= 4 is 33.0 Å². The molecule has 2 aromatic rings. The van der Waals surface area contributed by atoms with Crippen molar-refractivity contribution in [3.63, 3.8) is 0 Å². The normalized spacial score (nSPS) is 11.2. The molecule has 0 aliphatic carbocycles. The minimum atomic E-state index is -3.92. The quantitative estimate of drug-likeness (QED) is 0.899. The average molecular weight is 298 g/mol. The molecule has 8 heteroatoms. The molecule has 2 heterocycles. The number of carboxylic acid groups (broad SMARTS) is 1. The van der Waals surface area contributed by atoms with Gasteiger partial charge < -0.3 is 5.11 Å². The SMILES string of the molecule is Cc1ccc(NS(=O)(=O)c2ccsc2C(=O)O)cn1. The van der Waals surface area contributed by atoms with E-state index in [-0.39, 0.29) is 15.5 Å². The van der Waals surface area contributed by atoms with E-state index in [1.54, 1.807) is 19.1 Å². The Bertz CT molecular complexity index is 705. The zero-order chi connectivity index (χ0) is 14.0. The van der Waals surface area contributed by atoms with Crippen molar-refractivity contribution in [1.82, 2.24) is 4.98 Å². The van der Waals surface area contributed by atoms with Crippen molar-refractivity contribution in [2.24, 2.45) is 0 Å². The molecule has 0 fully saturated rings. The van der Waals surface area contributed by atoms with Gasteiger partial charge in [0.2, 0.25) is 0 Å². The van der Waals surface area contributed by atoms with Gasteiger partial charge in [-0.2, -0.15) is 0 Å². The maximum absolute atomic E-state index is 12.1. The number of hydrogen-bond acceptors (Lipinski definition) is 5. The van der Waals surface area contributed by atoms with Crippen molar-refractivity contribution in [2.45, 2.75) is 11.8 Å². The molecule has 19 heavy (non-hydrogen) atoms. The van der Waals surface area contributed by atoms with E-state index in [1.165, 1.54) is 17.6 Å². The van der Waals surface area contributed by atoms with Gasteiger partial charge >= 0.3 is 5.97 Å². The fraction of sp³-hybridized carbons (Fsp3) is 0.0909. The van der Waals surface area contributed by atoms with E-state index in [0.717, 1.165) is 17.0 Å². The van der Waals surface area contributed by atoms with Gasteiger partial charge in [0, 0.05) is 5.69 Å². The number of aromatic carboxylic acids is 1. The summed E-state index contributed by atoms with van der Waals surface area (Å²) in [4.78, 5) is 14.4. The number of carbonyl (C=O) groups is 1. The van der Waals surface area contributed by atoms with E-state index in [0.29, 0.717) is 0 Å². The molecule has 2 N–H and O–H groups in total. The molecule has 6 nitrogen and oxygen atoms in total. The van der Waals surface area contributed by atoms with Crippen LogP contribution < -0.4 is 4.72 Å². The smallest absolute Gasteiger partial charge is 0.347 e. The third kappa shape index (κ3) is 2.91. The first-order valence-corrected chi connectivity index (χ1v) is 7.53. The Kier molecular flexibility index (Phi) is 3.54. The van der Waals surface area contributed by atoms with Crippen LogP contribution >= 0.6 is 11.3 Å². The van der Waals surface area contributed by atoms with Crippen LogP contribution in [0.4, 0.5) is 5.69 Å². The molecular formula is C11H10N2O4S2. The zero-order valence-electron chi connectivity index (χ0n) is 9.82. The first kappa shape index (κ1) is 13.5. The summed E-state index contributed by atoms with van der Waals surface area (Å²) >= 11 is 0.863. The second-order valence-electron chi connectivity index (χ2n) is 3.71. The lowest BCUT2D eigenvalue weighted by atomic mass is 10.4. The fourth-order valence-electron chi connectivity index (χ4n) is 1.40. The summed E-state index contributed by atoms with van der Waals surface area (Å²) in [5.74, 6) is -1.27. The molecular weight excluding hydrogens is 288 g/mol. The Morgan fingerprint density at radius 2 is 2.11 bits per heavy atom. The van der Waals surface area contributed by atoms with Crippen molar-refractivity contribution < 1.29 is 18.3 Å². The zero-order valence-corrected chi connectivity index (χ0v) is 11.5. The maximum atomic E-state index is 12.1. The van der Waals surface area contributed by atoms with Crippen molar-refractivity contribution in [3.05, 3.63) is 40.3 Å². The summed E-state index contributed by atoms with van der Waals surface area (Å²) in [6.45, 7) is 1.78. The lowest BCUT2D eigenvalue weighted by Gasteiger charge is -2.07. The van der Waals surface area contributed by atoms with Crippen LogP contribution in [-0.2, 0) is 10.0 Å². The summed E-state index contributed by atoms with van der Waals surface area (Å²) < 4.78 is 26.5. The predicted octanol–water partition coefficient (Wildman–Crippen LogP) is 1.95. The number of nitrogens with one attached hydrogen (secondary N) is 1. The molecule has 0 aliphatic rings. The first-order chi connectivity index (χ1) is 8.90. The molecule has 0 bridgehead atoms. The third-order valence-electron chi connectivity index (χ3n) is 2.28. The number of carboxylic acids is 1. The van der Waals surface area contributed by atoms with E-state index in [9.17, 15) is 13.2 Å². The molecule has 2 rings (SSSR count). The summed E-state index contributed by atoms with van der Waals surface area (Å²) in [5, 5.41) is 10.3. The van der Waals surface area contributed by atoms with Crippen LogP contribution in [0, 0.1) is 6.92 Å². The van der Waals surface area contributed by atoms with Gasteiger partial charge in [-0.15, -0.1) is 11.3 Å². The van der Waals surface area contributed by atoms with Crippen LogP contribution in [-0.4, -0.2) is 24.5 Å². The van der Waals surface area contributed by atoms with Crippen LogP contribution in [0.15, 0.2) is 34.7 Å². The molecule has 0 aromatic carbocycles. The number of thiophene rings is 1. The summed E-state index contributed by atoms with van der Waals surface area (Å²) in [7, 11) is -3.92. The number of nitrogens with zero attached hydrogens (tertiary/aromatic N) is 1. The lowest BCUT2D eigenvalue weighted by Crippen LogP contribution is -2.15. The molecule has 0 spiro atoms. The molecule has 100 valence electrons. The minimum Gasteiger partial charge on any atom is -0.477 e. The standard InChI is InChI=1S/C11H10N2O4S2/c1-7-2-3-8(6-12-7)13-19(16,17)9-4-5-18-10(9)11(14)15/h2-6,13H,1H3,(H,14,15). The van der Waals surface area contributed by atoms with Crippen molar-refractivity contribution in [2.75, 3.05) is 4.72 Å². The number of anilines is 1. The van der Waals surface area contributed by atoms with Gasteiger partial charge in [-0.25, -0.2) is 13.2 Å². The van der Waals surface area contributed by atoms with Crippen LogP contribution in [0.5, 0.6) is 0 Å². The highest BCUT2D eigenvalue weighted by Crippen LogP contribution is 2.24. The van der Waals surface area contributed by atoms with Gasteiger partial charge in [0.05, 0.1) is 11.9 Å². The molecule has 0 atom stereocenters. The topological polar surface area (TPSA) is 96.4 Å². The van der Waals surface area contributed by atoms with Crippen molar-refractivity contribution in [1.29, 1.82) is 0 Å². The third-order valence-corrected chi connectivity index (χ3v) is 4.73. The highest BCUT2D eigenvalue weighted by molar-refractivity contribution is 7.93. The Morgan fingerprint density at radius 3 is 2.68 bits per heavy atom. The monoisotopic (exact) mass is 298 g/mol. The summed E-state index contributed by atoms with van der Waals surface area (Å²) in [5.41, 5.74) is 1.04. The number of hydrogen-bond donors (Lipinski definition) is 2. The van der Waals surface area contributed by atoms with Gasteiger partial charge in [0.25, 0.3) is 10.0 Å². The molecule has 0 amide bonds. The molecule has 0 saturated heterocycles. The fourth-order valence-corrected chi connectivity index (χ4v) is 3.71. The molecule has 0 saturated carbocycles. The van der Waals surface area contributed by atoms with Gasteiger partial charge in [-0.1, -0.05) is 0 Å². The van der Waals surface area contributed by atoms with Gasteiger partial charge in [0.1, 0.15) is 9.77 Å². The van der Waals surface area contributed by atoms with E-state index >= 15 is 0 Å². The van der Waals surface area contributed by atoms with E-state index < -0.39 is 16.0 Å². The molecule has 0 aliphatic heterocycles. The Labute approximate surface area is 113 Å². The Morgan fingerprint density at radius 1 is 1.37 bits per heavy atom. The second kappa shape index (κ2) is 4.98. The highest BCUT2D eigenvalue weighted by atomic mass is 32.2. The maximum Gasteiger partial charge on any atom is 0.347 e. The average Bonchev–Trinajstić information content (AvgIpc) is 2.82. The number of aromatic nitrogens is 1. The Hall–Kier alpha value is -1.93. The summed E-state index contributed by atoms with van der Waals surface area (Å²) in [6, 6.07) is 4.48. The number of pyridine rings is 1. The van der Waals surface area contributed by atoms with Crippen molar-refractivity contribution in [3.8, 4) is 0 Å². The van der Waals surface area contributed by atoms with E-state index in [2.05, 4.69) is 9.71 Å². The minimum absolute atomic E-state index is 0.215. The highest BCUT2D eigenvalue weighted by Gasteiger charge is 2.23. The van der Waals surface area contributed by atoms with Crippen LogP contribution in [0.1, 0.15) is 15.4 Å². The largest absolute Gasteiger partial charge is 0.477 e. The number of rotatable bonds is 4. The van der Waals surface area contributed by atoms with Crippen LogP contribution in [0.2, 0.25) is 0 Å². The van der Waals surface area contributed by atoms with E-state index in [4.69, 9.17) is 5.11 Å². The van der Waals surface area contributed by atoms with Gasteiger partial charge in [0.15, 0.2) is 0 Å². The molecule has 0 radical (unpaired) electrons. The lowest BCUT2D eigenvalue weighted by molar-refractivity contribution is 0.0698. The molecule has 0 unspecified atom stereocenters. The van der Waals surface area contributed by atoms with Crippen LogP contribution in [0.25, 0.3) is 0 Å². The molecule has 2 aromatic heterocycles. The first-order valence-electron chi connectivity index (χ1n) is 5.16. The van der Waals surface area contributed by atoms with E-state index in [1.807, 2.05) is 0 Å². The second-order valence-corrected chi connectivity index (χ2v) is 6.28. The summed E-state index contributed by atoms with van der Waals surface area (Å²) in [6.07, 6.45) is 1.37. The van der Waals surface area contributed by atoms with Gasteiger partial charge in [-0.05, 0) is 30.5 Å². The van der Waals surface area contributed by atoms with Gasteiger partial charge in [-0.3, -0.25) is 9.71 Å². The predicted molar refractivity (Wildman–Crippen MR) is 71.1 cm³/mol. The Balaban J connectivity index is 2.35. The number of aryl methyl sites for hydroxylation is 1.